The quantitative estimate of drug-likeness (QED) is 0.642. The Labute approximate surface area is 140 Å². The Hall–Kier alpha value is -0.120. The molecule has 0 spiro atoms. The highest BCUT2D eigenvalue weighted by Crippen LogP contribution is 2.68. The second-order valence-electron chi connectivity index (χ2n) is 9.99. The van der Waals surface area contributed by atoms with Crippen LogP contribution < -0.4 is 0 Å². The zero-order valence-corrected chi connectivity index (χ0v) is 15.0. The van der Waals surface area contributed by atoms with Crippen LogP contribution in [-0.2, 0) is 0 Å². The van der Waals surface area contributed by atoms with Gasteiger partial charge in [-0.1, -0.05) is 13.8 Å². The van der Waals surface area contributed by atoms with Crippen LogP contribution in [0.5, 0.6) is 0 Å². The van der Waals surface area contributed by atoms with Gasteiger partial charge < -0.3 is 15.3 Å². The summed E-state index contributed by atoms with van der Waals surface area (Å²) < 4.78 is 0. The molecule has 0 bridgehead atoms. The lowest BCUT2D eigenvalue weighted by atomic mass is 9.44. The topological polar surface area (TPSA) is 60.7 Å². The molecule has 132 valence electrons. The molecule has 4 fully saturated rings. The van der Waals surface area contributed by atoms with Crippen LogP contribution in [-0.4, -0.2) is 33.1 Å². The van der Waals surface area contributed by atoms with Crippen LogP contribution in [0.15, 0.2) is 0 Å². The molecular formula is C20H34O3. The van der Waals surface area contributed by atoms with Gasteiger partial charge in [-0.05, 0) is 92.8 Å². The van der Waals surface area contributed by atoms with Crippen LogP contribution in [0, 0.1) is 34.5 Å². The number of fused-ring (bicyclic) bond motifs is 5. The Morgan fingerprint density at radius 2 is 1.48 bits per heavy atom. The maximum Gasteiger partial charge on any atom is 0.0675 e. The lowest BCUT2D eigenvalue weighted by Gasteiger charge is -2.62. The van der Waals surface area contributed by atoms with Gasteiger partial charge in [0.2, 0.25) is 0 Å². The lowest BCUT2D eigenvalue weighted by Crippen LogP contribution is -2.59. The summed E-state index contributed by atoms with van der Waals surface area (Å²) in [6, 6.07) is 0. The van der Waals surface area contributed by atoms with Gasteiger partial charge in [-0.25, -0.2) is 0 Å². The summed E-state index contributed by atoms with van der Waals surface area (Å²) >= 11 is 0. The fourth-order valence-corrected chi connectivity index (χ4v) is 7.52. The largest absolute Gasteiger partial charge is 0.393 e. The first-order chi connectivity index (χ1) is 10.7. The maximum absolute atomic E-state index is 10.9. The SMILES string of the molecule is C[C@]12CC[C@H](O)C[C@@H]1[C@H](O)C[C@@H]1[C@H]2CC[C@@]2(C)[C@@H]1CC[C@]2(C)O. The molecule has 23 heavy (non-hydrogen) atoms. The van der Waals surface area contributed by atoms with E-state index in [4.69, 9.17) is 0 Å². The smallest absolute Gasteiger partial charge is 0.0675 e. The molecule has 0 aliphatic heterocycles. The lowest BCUT2D eigenvalue weighted by molar-refractivity contribution is -0.185. The predicted molar refractivity (Wildman–Crippen MR) is 89.7 cm³/mol. The van der Waals surface area contributed by atoms with Gasteiger partial charge in [-0.15, -0.1) is 0 Å². The van der Waals surface area contributed by atoms with Crippen LogP contribution in [0.2, 0.25) is 0 Å². The number of hydrogen-bond acceptors (Lipinski definition) is 3. The minimum absolute atomic E-state index is 0.0191. The summed E-state index contributed by atoms with van der Waals surface area (Å²) in [5.74, 6) is 2.03. The summed E-state index contributed by atoms with van der Waals surface area (Å²) in [4.78, 5) is 0. The molecule has 0 amide bonds. The minimum atomic E-state index is -0.548. The molecule has 4 saturated carbocycles. The zero-order chi connectivity index (χ0) is 16.6. The molecule has 3 N–H and O–H groups in total. The van der Waals surface area contributed by atoms with Gasteiger partial charge in [0.15, 0.2) is 0 Å². The molecule has 0 aromatic carbocycles. The van der Waals surface area contributed by atoms with Gasteiger partial charge in [0, 0.05) is 0 Å². The van der Waals surface area contributed by atoms with Crippen LogP contribution in [0.1, 0.15) is 72.1 Å². The molecule has 0 heterocycles. The van der Waals surface area contributed by atoms with Crippen LogP contribution in [0.25, 0.3) is 0 Å². The average Bonchev–Trinajstić information content (AvgIpc) is 2.72. The molecule has 0 aromatic rings. The monoisotopic (exact) mass is 322 g/mol. The van der Waals surface area contributed by atoms with Crippen molar-refractivity contribution in [1.82, 2.24) is 0 Å². The van der Waals surface area contributed by atoms with Gasteiger partial charge in [0.1, 0.15) is 0 Å². The van der Waals surface area contributed by atoms with E-state index in [2.05, 4.69) is 13.8 Å². The van der Waals surface area contributed by atoms with Crippen LogP contribution >= 0.6 is 0 Å². The molecule has 0 aromatic heterocycles. The van der Waals surface area contributed by atoms with Gasteiger partial charge in [-0.3, -0.25) is 0 Å². The molecule has 3 nitrogen and oxygen atoms in total. The van der Waals surface area contributed by atoms with Gasteiger partial charge in [0.05, 0.1) is 17.8 Å². The third-order valence-corrected chi connectivity index (χ3v) is 9.21. The highest BCUT2D eigenvalue weighted by atomic mass is 16.3. The minimum Gasteiger partial charge on any atom is -0.393 e. The van der Waals surface area contributed by atoms with Crippen molar-refractivity contribution < 1.29 is 15.3 Å². The molecule has 4 rings (SSSR count). The highest BCUT2D eigenvalue weighted by molar-refractivity contribution is 5.14. The summed E-state index contributed by atoms with van der Waals surface area (Å²) in [5, 5.41) is 31.9. The van der Waals surface area contributed by atoms with Crippen molar-refractivity contribution in [2.24, 2.45) is 34.5 Å². The molecule has 0 saturated heterocycles. The maximum atomic E-state index is 10.9. The Kier molecular flexibility index (Phi) is 3.52. The first-order valence-electron chi connectivity index (χ1n) is 9.77. The third kappa shape index (κ3) is 2.05. The van der Waals surface area contributed by atoms with Crippen molar-refractivity contribution in [3.63, 3.8) is 0 Å². The normalized spacial score (nSPS) is 62.3. The Balaban J connectivity index is 1.68. The van der Waals surface area contributed by atoms with E-state index >= 15 is 0 Å². The van der Waals surface area contributed by atoms with Crippen molar-refractivity contribution >= 4 is 0 Å². The average molecular weight is 322 g/mol. The Bertz CT molecular complexity index is 489. The number of hydrogen-bond donors (Lipinski definition) is 3. The number of aliphatic hydroxyl groups excluding tert-OH is 2. The summed E-state index contributed by atoms with van der Waals surface area (Å²) in [6.07, 6.45) is 7.43. The van der Waals surface area contributed by atoms with Crippen molar-refractivity contribution in [1.29, 1.82) is 0 Å². The van der Waals surface area contributed by atoms with Crippen LogP contribution in [0.3, 0.4) is 0 Å². The van der Waals surface area contributed by atoms with Crippen molar-refractivity contribution in [2.75, 3.05) is 0 Å². The van der Waals surface area contributed by atoms with Crippen molar-refractivity contribution in [3.05, 3.63) is 0 Å². The molecule has 0 unspecified atom stereocenters. The van der Waals surface area contributed by atoms with E-state index < -0.39 is 5.60 Å². The van der Waals surface area contributed by atoms with Gasteiger partial charge in [0.25, 0.3) is 0 Å². The van der Waals surface area contributed by atoms with E-state index in [0.29, 0.717) is 17.8 Å². The molecular weight excluding hydrogens is 288 g/mol. The highest BCUT2D eigenvalue weighted by Gasteiger charge is 2.64. The van der Waals surface area contributed by atoms with E-state index in [9.17, 15) is 15.3 Å². The number of rotatable bonds is 0. The molecule has 3 heteroatoms. The van der Waals surface area contributed by atoms with Crippen LogP contribution in [0.4, 0.5) is 0 Å². The van der Waals surface area contributed by atoms with E-state index in [0.717, 1.165) is 44.9 Å². The zero-order valence-electron chi connectivity index (χ0n) is 15.0. The summed E-state index contributed by atoms with van der Waals surface area (Å²) in [7, 11) is 0. The van der Waals surface area contributed by atoms with E-state index in [-0.39, 0.29) is 29.0 Å². The summed E-state index contributed by atoms with van der Waals surface area (Å²) in [5.41, 5.74) is -0.350. The Morgan fingerprint density at radius 3 is 2.22 bits per heavy atom. The first-order valence-corrected chi connectivity index (χ1v) is 9.77. The standard InChI is InChI=1S/C20H34O3/c1-18-7-4-12(21)10-16(18)17(22)11-13-14(18)5-8-19(2)15(13)6-9-20(19,3)23/h12-17,21-23H,4-11H2,1-3H3/t12-,13+,14+,15+,16+,17+,18+,19-,20-/m0/s1. The van der Waals surface area contributed by atoms with E-state index in [1.165, 1.54) is 6.42 Å². The fourth-order valence-electron chi connectivity index (χ4n) is 7.52. The molecule has 9 atom stereocenters. The van der Waals surface area contributed by atoms with Crippen molar-refractivity contribution in [3.8, 4) is 0 Å². The molecule has 4 aliphatic rings. The van der Waals surface area contributed by atoms with Crippen molar-refractivity contribution in [2.45, 2.75) is 89.9 Å². The molecule has 0 radical (unpaired) electrons. The predicted octanol–water partition coefficient (Wildman–Crippen LogP) is 3.11. The summed E-state index contributed by atoms with van der Waals surface area (Å²) in [6.45, 7) is 6.72. The van der Waals surface area contributed by atoms with Gasteiger partial charge in [-0.2, -0.15) is 0 Å². The molecule has 4 aliphatic carbocycles. The van der Waals surface area contributed by atoms with E-state index in [1.807, 2.05) is 6.92 Å². The first kappa shape index (κ1) is 16.4. The van der Waals surface area contributed by atoms with E-state index in [1.54, 1.807) is 0 Å². The Morgan fingerprint density at radius 1 is 0.783 bits per heavy atom. The van der Waals surface area contributed by atoms with Gasteiger partial charge >= 0.3 is 0 Å². The second kappa shape index (κ2) is 4.95. The second-order valence-corrected chi connectivity index (χ2v) is 9.99. The third-order valence-electron chi connectivity index (χ3n) is 9.21. The fraction of sp³-hybridized carbons (Fsp3) is 1.00. The number of aliphatic hydroxyl groups is 3.